The Bertz CT molecular complexity index is 227. The molecule has 0 radical (unpaired) electrons. The molecule has 0 atom stereocenters. The smallest absolute Gasteiger partial charge is 0.175 e. The van der Waals surface area contributed by atoms with Crippen molar-refractivity contribution in [3.8, 4) is 0 Å². The van der Waals surface area contributed by atoms with Gasteiger partial charge in [-0.15, -0.1) is 0 Å². The Hall–Kier alpha value is -1.24. The standard InChI is InChI=1S/C9H16N4/c1-7(2)9(8(3)4,12-5-10)13-6-11/h7-8,10-11H,1-4H3. The average molecular weight is 180 g/mol. The molecule has 0 aliphatic rings. The van der Waals surface area contributed by atoms with Crippen molar-refractivity contribution in [1.29, 1.82) is 10.8 Å². The van der Waals surface area contributed by atoms with Gasteiger partial charge in [-0.2, -0.15) is 9.98 Å². The lowest BCUT2D eigenvalue weighted by Gasteiger charge is -2.30. The monoisotopic (exact) mass is 180 g/mol. The molecule has 0 saturated heterocycles. The summed E-state index contributed by atoms with van der Waals surface area (Å²) in [6.45, 7) is 7.84. The van der Waals surface area contributed by atoms with E-state index in [2.05, 4.69) is 9.98 Å². The molecule has 0 aromatic heterocycles. The molecule has 2 N–H and O–H groups in total. The highest BCUT2D eigenvalue weighted by atomic mass is 15.1. The number of hydrogen-bond donors (Lipinski definition) is 2. The molecule has 0 aromatic carbocycles. The van der Waals surface area contributed by atoms with Gasteiger partial charge in [0, 0.05) is 11.8 Å². The molecule has 0 rings (SSSR count). The van der Waals surface area contributed by atoms with E-state index in [4.69, 9.17) is 10.8 Å². The van der Waals surface area contributed by atoms with Crippen LogP contribution in [0.2, 0.25) is 0 Å². The van der Waals surface area contributed by atoms with Gasteiger partial charge in [-0.1, -0.05) is 27.7 Å². The van der Waals surface area contributed by atoms with Gasteiger partial charge >= 0.3 is 0 Å². The summed E-state index contributed by atoms with van der Waals surface area (Å²) in [5.74, 6) is 0.256. The topological polar surface area (TPSA) is 72.4 Å². The third kappa shape index (κ3) is 2.35. The Morgan fingerprint density at radius 2 is 1.23 bits per heavy atom. The number of nitrogens with zero attached hydrogens (tertiary/aromatic N) is 2. The van der Waals surface area contributed by atoms with Crippen LogP contribution in [0.1, 0.15) is 27.7 Å². The van der Waals surface area contributed by atoms with E-state index < -0.39 is 5.66 Å². The Kier molecular flexibility index (Phi) is 4.26. The second-order valence-corrected chi connectivity index (χ2v) is 3.54. The first-order chi connectivity index (χ1) is 6.01. The summed E-state index contributed by atoms with van der Waals surface area (Å²) in [5.41, 5.74) is -0.747. The molecule has 4 heteroatoms. The van der Waals surface area contributed by atoms with Crippen molar-refractivity contribution >= 4 is 12.0 Å². The maximum Gasteiger partial charge on any atom is 0.175 e. The van der Waals surface area contributed by atoms with Gasteiger partial charge in [0.05, 0.1) is 12.0 Å². The van der Waals surface area contributed by atoms with E-state index in [1.165, 1.54) is 0 Å². The molecule has 72 valence electrons. The number of hydrogen-bond acceptors (Lipinski definition) is 4. The molecule has 0 aliphatic heterocycles. The molecule has 0 saturated carbocycles. The largest absolute Gasteiger partial charge is 0.241 e. The van der Waals surface area contributed by atoms with E-state index in [0.29, 0.717) is 0 Å². The van der Waals surface area contributed by atoms with Gasteiger partial charge in [0.1, 0.15) is 0 Å². The number of aliphatic imine (C=N–C) groups is 2. The van der Waals surface area contributed by atoms with Crippen LogP contribution in [-0.2, 0) is 0 Å². The van der Waals surface area contributed by atoms with Crippen LogP contribution in [0.4, 0.5) is 0 Å². The molecule has 0 aliphatic carbocycles. The van der Waals surface area contributed by atoms with E-state index >= 15 is 0 Å². The van der Waals surface area contributed by atoms with E-state index in [1.54, 1.807) is 0 Å². The van der Waals surface area contributed by atoms with E-state index in [0.717, 1.165) is 0 Å². The minimum Gasteiger partial charge on any atom is -0.241 e. The molecule has 0 spiro atoms. The molecular formula is C9H16N4. The summed E-state index contributed by atoms with van der Waals surface area (Å²) < 4.78 is 0. The van der Waals surface area contributed by atoms with Gasteiger partial charge in [0.15, 0.2) is 5.66 Å². The molecule has 0 unspecified atom stereocenters. The van der Waals surface area contributed by atoms with Gasteiger partial charge in [-0.05, 0) is 0 Å². The van der Waals surface area contributed by atoms with E-state index in [1.807, 2.05) is 39.7 Å². The predicted octanol–water partition coefficient (Wildman–Crippen LogP) is 2.50. The molecule has 4 nitrogen and oxygen atoms in total. The van der Waals surface area contributed by atoms with Crippen molar-refractivity contribution in [3.63, 3.8) is 0 Å². The van der Waals surface area contributed by atoms with Crippen molar-refractivity contribution < 1.29 is 0 Å². The molecule has 0 fully saturated rings. The summed E-state index contributed by atoms with van der Waals surface area (Å²) in [5, 5.41) is 13.7. The Balaban J connectivity index is 5.28. The quantitative estimate of drug-likeness (QED) is 0.624. The molecule has 0 amide bonds. The lowest BCUT2D eigenvalue weighted by molar-refractivity contribution is 0.241. The maximum absolute atomic E-state index is 6.86. The van der Waals surface area contributed by atoms with Crippen molar-refractivity contribution in [2.24, 2.45) is 21.8 Å². The molecule has 13 heavy (non-hydrogen) atoms. The highest BCUT2D eigenvalue weighted by molar-refractivity contribution is 5.41. The average Bonchev–Trinajstić information content (AvgIpc) is 2.03. The zero-order chi connectivity index (χ0) is 10.5. The summed E-state index contributed by atoms with van der Waals surface area (Å²) >= 11 is 0. The van der Waals surface area contributed by atoms with Crippen molar-refractivity contribution in [2.75, 3.05) is 0 Å². The maximum atomic E-state index is 6.86. The van der Waals surface area contributed by atoms with Crippen molar-refractivity contribution in [2.45, 2.75) is 33.4 Å². The molecular weight excluding hydrogens is 164 g/mol. The molecule has 0 aromatic rings. The van der Waals surface area contributed by atoms with Gasteiger partial charge < -0.3 is 0 Å². The normalized spacial score (nSPS) is 10.9. The highest BCUT2D eigenvalue weighted by Gasteiger charge is 2.36. The first kappa shape index (κ1) is 11.8. The van der Waals surface area contributed by atoms with Crippen LogP contribution in [0, 0.1) is 22.7 Å². The van der Waals surface area contributed by atoms with E-state index in [9.17, 15) is 0 Å². The van der Waals surface area contributed by atoms with Gasteiger partial charge in [0.2, 0.25) is 0 Å². The van der Waals surface area contributed by atoms with Gasteiger partial charge in [0.25, 0.3) is 0 Å². The van der Waals surface area contributed by atoms with Crippen LogP contribution in [0.15, 0.2) is 9.98 Å². The van der Waals surface area contributed by atoms with Crippen molar-refractivity contribution in [3.05, 3.63) is 0 Å². The summed E-state index contributed by atoms with van der Waals surface area (Å²) in [6, 6.07) is 4.03. The minimum atomic E-state index is -0.747. The first-order valence-corrected chi connectivity index (χ1v) is 4.28. The Morgan fingerprint density at radius 3 is 1.38 bits per heavy atom. The zero-order valence-electron chi connectivity index (χ0n) is 8.55. The number of nitrogens with one attached hydrogen (secondary N) is 2. The molecule has 0 bridgehead atoms. The summed E-state index contributed by atoms with van der Waals surface area (Å²) in [4.78, 5) is 7.82. The highest BCUT2D eigenvalue weighted by Crippen LogP contribution is 2.31. The summed E-state index contributed by atoms with van der Waals surface area (Å²) in [7, 11) is 0. The first-order valence-electron chi connectivity index (χ1n) is 4.28. The third-order valence-electron chi connectivity index (χ3n) is 2.17. The summed E-state index contributed by atoms with van der Waals surface area (Å²) in [6.07, 6.45) is 0. The Labute approximate surface area is 78.8 Å². The van der Waals surface area contributed by atoms with Crippen molar-refractivity contribution in [1.82, 2.24) is 0 Å². The minimum absolute atomic E-state index is 0.128. The fourth-order valence-corrected chi connectivity index (χ4v) is 1.39. The fourth-order valence-electron chi connectivity index (χ4n) is 1.39. The van der Waals surface area contributed by atoms with E-state index in [-0.39, 0.29) is 11.8 Å². The lowest BCUT2D eigenvalue weighted by Crippen LogP contribution is -2.36. The SMILES string of the molecule is CC(C)C(N=C=N)(N=C=N)C(C)C. The molecule has 0 heterocycles. The fraction of sp³-hybridized carbons (Fsp3) is 0.778. The lowest BCUT2D eigenvalue weighted by atomic mass is 9.86. The second-order valence-electron chi connectivity index (χ2n) is 3.54. The third-order valence-corrected chi connectivity index (χ3v) is 2.17. The second kappa shape index (κ2) is 4.70. The van der Waals surface area contributed by atoms with Crippen LogP contribution in [-0.4, -0.2) is 17.7 Å². The zero-order valence-corrected chi connectivity index (χ0v) is 8.55. The van der Waals surface area contributed by atoms with Crippen LogP contribution < -0.4 is 0 Å². The predicted molar refractivity (Wildman–Crippen MR) is 52.7 cm³/mol. The van der Waals surface area contributed by atoms with Crippen LogP contribution >= 0.6 is 0 Å². The number of rotatable bonds is 4. The van der Waals surface area contributed by atoms with Gasteiger partial charge in [-0.25, -0.2) is 10.8 Å². The van der Waals surface area contributed by atoms with Crippen LogP contribution in [0.3, 0.4) is 0 Å². The van der Waals surface area contributed by atoms with Gasteiger partial charge in [-0.3, -0.25) is 0 Å². The van der Waals surface area contributed by atoms with Crippen LogP contribution in [0.25, 0.3) is 0 Å². The van der Waals surface area contributed by atoms with Crippen LogP contribution in [0.5, 0.6) is 0 Å². The Morgan fingerprint density at radius 1 is 0.923 bits per heavy atom.